The van der Waals surface area contributed by atoms with Crippen LogP contribution >= 0.6 is 0 Å². The molecule has 0 aliphatic carbocycles. The molecule has 3 aromatic rings. The molecule has 1 aromatic carbocycles. The van der Waals surface area contributed by atoms with E-state index in [2.05, 4.69) is 20.6 Å². The average Bonchev–Trinajstić information content (AvgIpc) is 2.64. The molecule has 0 radical (unpaired) electrons. The molecule has 0 unspecified atom stereocenters. The van der Waals surface area contributed by atoms with Gasteiger partial charge in [-0.1, -0.05) is 31.2 Å². The lowest BCUT2D eigenvalue weighted by Gasteiger charge is -2.11. The van der Waals surface area contributed by atoms with Crippen LogP contribution in [0.3, 0.4) is 0 Å². The highest BCUT2D eigenvalue weighted by Crippen LogP contribution is 2.21. The molecule has 2 N–H and O–H groups in total. The van der Waals surface area contributed by atoms with Crippen molar-refractivity contribution < 1.29 is 4.79 Å². The van der Waals surface area contributed by atoms with E-state index in [1.807, 2.05) is 55.6 Å². The monoisotopic (exact) mass is 320 g/mol. The highest BCUT2D eigenvalue weighted by atomic mass is 16.1. The molecule has 0 saturated heterocycles. The van der Waals surface area contributed by atoms with Gasteiger partial charge in [0, 0.05) is 30.9 Å². The van der Waals surface area contributed by atoms with Crippen LogP contribution in [0.15, 0.2) is 54.9 Å². The number of benzene rings is 1. The largest absolute Gasteiger partial charge is 0.366 e. The number of anilines is 1. The van der Waals surface area contributed by atoms with Crippen LogP contribution in [0, 0.1) is 0 Å². The predicted octanol–water partition coefficient (Wildman–Crippen LogP) is 3.38. The van der Waals surface area contributed by atoms with Gasteiger partial charge in [-0.25, -0.2) is 4.98 Å². The highest BCUT2D eigenvalue weighted by Gasteiger charge is 2.12. The molecule has 5 nitrogen and oxygen atoms in total. The van der Waals surface area contributed by atoms with Crippen molar-refractivity contribution in [3.63, 3.8) is 0 Å². The standard InChI is InChI=1S/C19H20N4O/c1-2-9-21-19(24)16-11-18(22-13-14-6-5-10-20-12-14)23-17-8-4-3-7-15(16)17/h3-8,10-12H,2,9,13H2,1H3,(H,21,24)(H,22,23). The van der Waals surface area contributed by atoms with Crippen molar-refractivity contribution >= 4 is 22.6 Å². The number of rotatable bonds is 6. The van der Waals surface area contributed by atoms with Crippen LogP contribution < -0.4 is 10.6 Å². The lowest BCUT2D eigenvalue weighted by molar-refractivity contribution is 0.0955. The summed E-state index contributed by atoms with van der Waals surface area (Å²) in [6, 6.07) is 13.4. The van der Waals surface area contributed by atoms with Crippen molar-refractivity contribution in [1.29, 1.82) is 0 Å². The van der Waals surface area contributed by atoms with E-state index < -0.39 is 0 Å². The number of fused-ring (bicyclic) bond motifs is 1. The molecule has 0 aliphatic heterocycles. The first-order chi connectivity index (χ1) is 11.8. The number of hydrogen-bond acceptors (Lipinski definition) is 4. The van der Waals surface area contributed by atoms with E-state index in [9.17, 15) is 4.79 Å². The van der Waals surface area contributed by atoms with Crippen LogP contribution in [0.25, 0.3) is 10.9 Å². The Bertz CT molecular complexity index is 833. The van der Waals surface area contributed by atoms with Crippen molar-refractivity contribution in [2.24, 2.45) is 0 Å². The van der Waals surface area contributed by atoms with E-state index in [4.69, 9.17) is 0 Å². The highest BCUT2D eigenvalue weighted by molar-refractivity contribution is 6.06. The van der Waals surface area contributed by atoms with Gasteiger partial charge in [0.2, 0.25) is 0 Å². The Hall–Kier alpha value is -2.95. The molecule has 5 heteroatoms. The van der Waals surface area contributed by atoms with Gasteiger partial charge in [-0.3, -0.25) is 9.78 Å². The number of nitrogens with one attached hydrogen (secondary N) is 2. The molecule has 0 atom stereocenters. The van der Waals surface area contributed by atoms with Crippen LogP contribution in [-0.4, -0.2) is 22.4 Å². The first-order valence-electron chi connectivity index (χ1n) is 8.08. The van der Waals surface area contributed by atoms with E-state index >= 15 is 0 Å². The fourth-order valence-electron chi connectivity index (χ4n) is 2.48. The predicted molar refractivity (Wildman–Crippen MR) is 95.9 cm³/mol. The molecule has 0 spiro atoms. The van der Waals surface area contributed by atoms with Gasteiger partial charge in [0.1, 0.15) is 5.82 Å². The third kappa shape index (κ3) is 3.68. The Balaban J connectivity index is 1.89. The van der Waals surface area contributed by atoms with Gasteiger partial charge in [0.05, 0.1) is 11.1 Å². The number of hydrogen-bond donors (Lipinski definition) is 2. The minimum atomic E-state index is -0.0696. The van der Waals surface area contributed by atoms with Crippen LogP contribution in [0.2, 0.25) is 0 Å². The zero-order chi connectivity index (χ0) is 16.8. The summed E-state index contributed by atoms with van der Waals surface area (Å²) >= 11 is 0. The summed E-state index contributed by atoms with van der Waals surface area (Å²) in [5, 5.41) is 7.07. The van der Waals surface area contributed by atoms with Gasteiger partial charge in [-0.2, -0.15) is 0 Å². The number of pyridine rings is 2. The topological polar surface area (TPSA) is 66.9 Å². The summed E-state index contributed by atoms with van der Waals surface area (Å²) in [4.78, 5) is 21.2. The number of carbonyl (C=O) groups is 1. The Kier molecular flexibility index (Phi) is 5.01. The minimum Gasteiger partial charge on any atom is -0.366 e. The molecule has 0 saturated carbocycles. The van der Waals surface area contributed by atoms with E-state index in [0.29, 0.717) is 24.5 Å². The summed E-state index contributed by atoms with van der Waals surface area (Å²) in [7, 11) is 0. The summed E-state index contributed by atoms with van der Waals surface area (Å²) < 4.78 is 0. The second-order valence-electron chi connectivity index (χ2n) is 5.54. The summed E-state index contributed by atoms with van der Waals surface area (Å²) in [6.07, 6.45) is 4.46. The molecular formula is C19H20N4O. The lowest BCUT2D eigenvalue weighted by atomic mass is 10.1. The van der Waals surface area contributed by atoms with Gasteiger partial charge >= 0.3 is 0 Å². The Morgan fingerprint density at radius 1 is 1.17 bits per heavy atom. The van der Waals surface area contributed by atoms with Crippen molar-refractivity contribution in [3.05, 3.63) is 66.0 Å². The van der Waals surface area contributed by atoms with Gasteiger partial charge in [0.15, 0.2) is 0 Å². The van der Waals surface area contributed by atoms with E-state index in [0.717, 1.165) is 22.9 Å². The number of nitrogens with zero attached hydrogens (tertiary/aromatic N) is 2. The third-order valence-corrected chi connectivity index (χ3v) is 3.69. The number of aromatic nitrogens is 2. The van der Waals surface area contributed by atoms with E-state index in [-0.39, 0.29) is 5.91 Å². The molecular weight excluding hydrogens is 300 g/mol. The average molecular weight is 320 g/mol. The molecule has 0 bridgehead atoms. The molecule has 2 aromatic heterocycles. The molecule has 122 valence electrons. The van der Waals surface area contributed by atoms with E-state index in [1.54, 1.807) is 6.20 Å². The third-order valence-electron chi connectivity index (χ3n) is 3.69. The second-order valence-corrected chi connectivity index (χ2v) is 5.54. The Morgan fingerprint density at radius 2 is 2.04 bits per heavy atom. The van der Waals surface area contributed by atoms with Crippen molar-refractivity contribution in [2.75, 3.05) is 11.9 Å². The maximum absolute atomic E-state index is 12.5. The fraction of sp³-hybridized carbons (Fsp3) is 0.211. The maximum atomic E-state index is 12.5. The van der Waals surface area contributed by atoms with Gasteiger partial charge in [0.25, 0.3) is 5.91 Å². The lowest BCUT2D eigenvalue weighted by Crippen LogP contribution is -2.24. The summed E-state index contributed by atoms with van der Waals surface area (Å²) in [5.74, 6) is 0.610. The van der Waals surface area contributed by atoms with Gasteiger partial charge in [-0.15, -0.1) is 0 Å². The maximum Gasteiger partial charge on any atom is 0.252 e. The quantitative estimate of drug-likeness (QED) is 0.730. The SMILES string of the molecule is CCCNC(=O)c1cc(NCc2cccnc2)nc2ccccc12. The number of carbonyl (C=O) groups excluding carboxylic acids is 1. The molecule has 2 heterocycles. The molecule has 0 fully saturated rings. The van der Waals surface area contributed by atoms with Crippen molar-refractivity contribution in [1.82, 2.24) is 15.3 Å². The minimum absolute atomic E-state index is 0.0696. The Labute approximate surface area is 141 Å². The summed E-state index contributed by atoms with van der Waals surface area (Å²) in [6.45, 7) is 3.30. The second kappa shape index (κ2) is 7.55. The van der Waals surface area contributed by atoms with Crippen LogP contribution in [0.5, 0.6) is 0 Å². The molecule has 24 heavy (non-hydrogen) atoms. The van der Waals surface area contributed by atoms with Crippen LogP contribution in [-0.2, 0) is 6.54 Å². The zero-order valence-corrected chi connectivity index (χ0v) is 13.6. The Morgan fingerprint density at radius 3 is 2.83 bits per heavy atom. The first kappa shape index (κ1) is 15.9. The molecule has 0 aliphatic rings. The summed E-state index contributed by atoms with van der Waals surface area (Å²) in [5.41, 5.74) is 2.50. The first-order valence-corrected chi connectivity index (χ1v) is 8.08. The van der Waals surface area contributed by atoms with Crippen molar-refractivity contribution in [3.8, 4) is 0 Å². The van der Waals surface area contributed by atoms with Crippen LogP contribution in [0.1, 0.15) is 29.3 Å². The fourth-order valence-corrected chi connectivity index (χ4v) is 2.48. The van der Waals surface area contributed by atoms with Crippen LogP contribution in [0.4, 0.5) is 5.82 Å². The molecule has 3 rings (SSSR count). The van der Waals surface area contributed by atoms with Gasteiger partial charge < -0.3 is 10.6 Å². The smallest absolute Gasteiger partial charge is 0.252 e. The number of amides is 1. The normalized spacial score (nSPS) is 10.5. The molecule has 1 amide bonds. The number of para-hydroxylation sites is 1. The zero-order valence-electron chi connectivity index (χ0n) is 13.6. The van der Waals surface area contributed by atoms with E-state index in [1.165, 1.54) is 0 Å². The van der Waals surface area contributed by atoms with Crippen molar-refractivity contribution in [2.45, 2.75) is 19.9 Å². The van der Waals surface area contributed by atoms with Gasteiger partial charge in [-0.05, 0) is 30.2 Å².